The fourth-order valence-corrected chi connectivity index (χ4v) is 5.22. The van der Waals surface area contributed by atoms with Crippen LogP contribution in [0.4, 0.5) is 0 Å². The Kier molecular flexibility index (Phi) is 6.37. The molecular weight excluding hydrogens is 450 g/mol. The molecule has 4 heterocycles. The van der Waals surface area contributed by atoms with Crippen molar-refractivity contribution in [2.24, 2.45) is 0 Å². The van der Waals surface area contributed by atoms with E-state index in [1.165, 1.54) is 5.56 Å². The number of thioether (sulfide) groups is 1. The predicted molar refractivity (Wildman–Crippen MR) is 132 cm³/mol. The van der Waals surface area contributed by atoms with Crippen molar-refractivity contribution in [3.8, 4) is 22.0 Å². The number of hydrogen-bond acceptors (Lipinski definition) is 7. The van der Waals surface area contributed by atoms with Crippen LogP contribution >= 0.6 is 23.1 Å². The highest BCUT2D eigenvalue weighted by atomic mass is 32.2. The second kappa shape index (κ2) is 9.72. The number of pyridine rings is 1. The van der Waals surface area contributed by atoms with Gasteiger partial charge in [0.2, 0.25) is 0 Å². The first-order valence-electron chi connectivity index (χ1n) is 10.7. The maximum absolute atomic E-state index is 5.58. The molecule has 0 radical (unpaired) electrons. The molecule has 0 saturated heterocycles. The average Bonchev–Trinajstić information content (AvgIpc) is 3.60. The second-order valence-electron chi connectivity index (χ2n) is 7.92. The van der Waals surface area contributed by atoms with Crippen molar-refractivity contribution >= 4 is 23.1 Å². The number of nitrogens with zero attached hydrogens (tertiary/aromatic N) is 5. The van der Waals surface area contributed by atoms with Crippen molar-refractivity contribution in [1.29, 1.82) is 0 Å². The van der Waals surface area contributed by atoms with Gasteiger partial charge in [-0.1, -0.05) is 49.9 Å². The number of rotatable bonds is 8. The van der Waals surface area contributed by atoms with Crippen molar-refractivity contribution in [1.82, 2.24) is 24.7 Å². The monoisotopic (exact) mass is 473 g/mol. The van der Waals surface area contributed by atoms with Gasteiger partial charge in [-0.15, -0.1) is 21.5 Å². The van der Waals surface area contributed by atoms with Gasteiger partial charge in [0, 0.05) is 34.7 Å². The van der Waals surface area contributed by atoms with E-state index in [9.17, 15) is 0 Å². The normalized spacial score (nSPS) is 11.4. The summed E-state index contributed by atoms with van der Waals surface area (Å²) in [5.41, 5.74) is 4.44. The molecule has 1 aromatic carbocycles. The minimum atomic E-state index is 0.525. The van der Waals surface area contributed by atoms with Crippen LogP contribution in [0.3, 0.4) is 0 Å². The lowest BCUT2D eigenvalue weighted by atomic mass is 10.0. The molecule has 0 amide bonds. The quantitative estimate of drug-likeness (QED) is 0.239. The molecule has 166 valence electrons. The predicted octanol–water partition coefficient (Wildman–Crippen LogP) is 6.52. The van der Waals surface area contributed by atoms with Crippen LogP contribution in [0.2, 0.25) is 0 Å². The molecule has 8 heteroatoms. The molecule has 0 aliphatic rings. The first-order chi connectivity index (χ1) is 16.2. The molecular formula is C25H23N5OS2. The van der Waals surface area contributed by atoms with Crippen LogP contribution < -0.4 is 0 Å². The fraction of sp³-hybridized carbons (Fsp3) is 0.200. The van der Waals surface area contributed by atoms with E-state index in [4.69, 9.17) is 9.40 Å². The summed E-state index contributed by atoms with van der Waals surface area (Å²) in [6, 6.07) is 16.4. The van der Waals surface area contributed by atoms with Gasteiger partial charge in [-0.3, -0.25) is 9.55 Å². The summed E-state index contributed by atoms with van der Waals surface area (Å²) in [6.07, 6.45) is 5.23. The van der Waals surface area contributed by atoms with E-state index in [1.807, 2.05) is 24.3 Å². The van der Waals surface area contributed by atoms with Crippen molar-refractivity contribution in [2.75, 3.05) is 0 Å². The number of furan rings is 1. The Morgan fingerprint density at radius 3 is 2.64 bits per heavy atom. The summed E-state index contributed by atoms with van der Waals surface area (Å²) in [6.45, 7) is 4.97. The van der Waals surface area contributed by atoms with Gasteiger partial charge in [-0.2, -0.15) is 0 Å². The second-order valence-corrected chi connectivity index (χ2v) is 9.72. The molecule has 5 aromatic rings. The van der Waals surface area contributed by atoms with Crippen LogP contribution in [0.1, 0.15) is 36.8 Å². The maximum Gasteiger partial charge on any atom is 0.192 e. The van der Waals surface area contributed by atoms with Crippen molar-refractivity contribution in [3.05, 3.63) is 89.6 Å². The molecule has 0 spiro atoms. The van der Waals surface area contributed by atoms with Gasteiger partial charge in [-0.25, -0.2) is 4.98 Å². The molecule has 0 aliphatic heterocycles. The van der Waals surface area contributed by atoms with Crippen LogP contribution in [0.5, 0.6) is 0 Å². The average molecular weight is 474 g/mol. The fourth-order valence-electron chi connectivity index (χ4n) is 3.46. The standard InChI is InChI=1S/C25H23N5OS2/c1-17(2)18-7-9-19(10-8-18)24-27-21(15-32-24)16-33-25-29-28-23(20-5-3-11-26-13-20)30(25)14-22-6-4-12-31-22/h3-13,15,17H,14,16H2,1-2H3. The molecule has 0 saturated carbocycles. The molecule has 33 heavy (non-hydrogen) atoms. The molecule has 0 unspecified atom stereocenters. The molecule has 6 nitrogen and oxygen atoms in total. The molecule has 0 aliphatic carbocycles. The Balaban J connectivity index is 1.35. The number of hydrogen-bond donors (Lipinski definition) is 0. The molecule has 0 bridgehead atoms. The number of benzene rings is 1. The summed E-state index contributed by atoms with van der Waals surface area (Å²) in [4.78, 5) is 9.08. The third-order valence-electron chi connectivity index (χ3n) is 5.26. The summed E-state index contributed by atoms with van der Waals surface area (Å²) in [5.74, 6) is 2.86. The first kappa shape index (κ1) is 21.6. The minimum absolute atomic E-state index is 0.525. The lowest BCUT2D eigenvalue weighted by molar-refractivity contribution is 0.485. The van der Waals surface area contributed by atoms with Gasteiger partial charge in [0.1, 0.15) is 10.8 Å². The SMILES string of the molecule is CC(C)c1ccc(-c2nc(CSc3nnc(-c4cccnc4)n3Cc3ccco3)cs2)cc1. The zero-order valence-corrected chi connectivity index (χ0v) is 20.0. The van der Waals surface area contributed by atoms with Crippen LogP contribution in [0.25, 0.3) is 22.0 Å². The Labute approximate surface area is 200 Å². The van der Waals surface area contributed by atoms with Crippen LogP contribution in [0.15, 0.2) is 82.1 Å². The van der Waals surface area contributed by atoms with Crippen LogP contribution in [0, 0.1) is 0 Å². The van der Waals surface area contributed by atoms with Gasteiger partial charge in [0.15, 0.2) is 11.0 Å². The highest BCUT2D eigenvalue weighted by Gasteiger charge is 2.17. The molecule has 0 fully saturated rings. The van der Waals surface area contributed by atoms with Gasteiger partial charge < -0.3 is 4.42 Å². The zero-order chi connectivity index (χ0) is 22.6. The van der Waals surface area contributed by atoms with Crippen molar-refractivity contribution < 1.29 is 4.42 Å². The first-order valence-corrected chi connectivity index (χ1v) is 12.6. The Morgan fingerprint density at radius 2 is 1.91 bits per heavy atom. The summed E-state index contributed by atoms with van der Waals surface area (Å²) >= 11 is 3.30. The highest BCUT2D eigenvalue weighted by Crippen LogP contribution is 2.30. The Morgan fingerprint density at radius 1 is 1.03 bits per heavy atom. The van der Waals surface area contributed by atoms with Gasteiger partial charge >= 0.3 is 0 Å². The van der Waals surface area contributed by atoms with Gasteiger partial charge in [-0.05, 0) is 35.7 Å². The smallest absolute Gasteiger partial charge is 0.192 e. The summed E-state index contributed by atoms with van der Waals surface area (Å²) in [7, 11) is 0. The van der Waals surface area contributed by atoms with Crippen LogP contribution in [-0.4, -0.2) is 24.7 Å². The van der Waals surface area contributed by atoms with E-state index >= 15 is 0 Å². The maximum atomic E-state index is 5.58. The topological polar surface area (TPSA) is 69.6 Å². The lowest BCUT2D eigenvalue weighted by Crippen LogP contribution is -2.03. The van der Waals surface area contributed by atoms with E-state index in [0.29, 0.717) is 18.2 Å². The summed E-state index contributed by atoms with van der Waals surface area (Å²) in [5, 5.41) is 12.9. The van der Waals surface area contributed by atoms with E-state index in [0.717, 1.165) is 38.6 Å². The molecule has 0 N–H and O–H groups in total. The van der Waals surface area contributed by atoms with Crippen LogP contribution in [-0.2, 0) is 12.3 Å². The van der Waals surface area contributed by atoms with Crippen molar-refractivity contribution in [2.45, 2.75) is 37.2 Å². The van der Waals surface area contributed by atoms with Gasteiger partial charge in [0.05, 0.1) is 18.5 Å². The highest BCUT2D eigenvalue weighted by molar-refractivity contribution is 7.98. The van der Waals surface area contributed by atoms with Gasteiger partial charge in [0.25, 0.3) is 0 Å². The van der Waals surface area contributed by atoms with E-state index in [1.54, 1.807) is 41.8 Å². The molecule has 4 aromatic heterocycles. The minimum Gasteiger partial charge on any atom is -0.467 e. The Hall–Kier alpha value is -3.23. The number of thiazole rings is 1. The largest absolute Gasteiger partial charge is 0.467 e. The molecule has 0 atom stereocenters. The zero-order valence-electron chi connectivity index (χ0n) is 18.4. The number of aromatic nitrogens is 5. The van der Waals surface area contributed by atoms with E-state index < -0.39 is 0 Å². The van der Waals surface area contributed by atoms with E-state index in [-0.39, 0.29) is 0 Å². The third kappa shape index (κ3) is 4.91. The third-order valence-corrected chi connectivity index (χ3v) is 7.20. The lowest BCUT2D eigenvalue weighted by Gasteiger charge is -2.08. The Bertz CT molecular complexity index is 1310. The molecule has 5 rings (SSSR count). The van der Waals surface area contributed by atoms with E-state index in [2.05, 4.69) is 63.2 Å². The summed E-state index contributed by atoms with van der Waals surface area (Å²) < 4.78 is 7.65. The van der Waals surface area contributed by atoms with Crippen molar-refractivity contribution in [3.63, 3.8) is 0 Å².